The molecule has 0 unspecified atom stereocenters. The Morgan fingerprint density at radius 2 is 1.81 bits per heavy atom. The lowest BCUT2D eigenvalue weighted by molar-refractivity contribution is -0.126. The van der Waals surface area contributed by atoms with Crippen LogP contribution in [0.25, 0.3) is 5.69 Å². The molecule has 0 bridgehead atoms. The summed E-state index contributed by atoms with van der Waals surface area (Å²) in [6.45, 7) is 2.01. The second kappa shape index (κ2) is 10.5. The van der Waals surface area contributed by atoms with Crippen LogP contribution in [0, 0.1) is 12.7 Å². The number of aryl methyl sites for hydroxylation is 1. The fourth-order valence-corrected chi connectivity index (χ4v) is 5.57. The highest BCUT2D eigenvalue weighted by molar-refractivity contribution is 8.00. The molecule has 37 heavy (non-hydrogen) atoms. The average molecular weight is 517 g/mol. The Balaban J connectivity index is 1.61. The van der Waals surface area contributed by atoms with Crippen LogP contribution in [0.2, 0.25) is 0 Å². The number of nitrogens with zero attached hydrogens (tertiary/aromatic N) is 3. The van der Waals surface area contributed by atoms with E-state index in [9.17, 15) is 14.0 Å². The Hall–Kier alpha value is -4.11. The van der Waals surface area contributed by atoms with Crippen molar-refractivity contribution in [2.45, 2.75) is 24.5 Å². The summed E-state index contributed by atoms with van der Waals surface area (Å²) in [7, 11) is 1.57. The van der Waals surface area contributed by atoms with Gasteiger partial charge >= 0.3 is 0 Å². The molecular weight excluding hydrogens is 491 g/mol. The van der Waals surface area contributed by atoms with Crippen molar-refractivity contribution in [1.82, 2.24) is 15.1 Å². The number of rotatable bonds is 6. The fourth-order valence-electron chi connectivity index (χ4n) is 4.48. The molecule has 4 aromatic rings. The minimum atomic E-state index is -1.05. The molecule has 3 aromatic carbocycles. The van der Waals surface area contributed by atoms with E-state index >= 15 is 0 Å². The Kier molecular flexibility index (Phi) is 6.96. The maximum atomic E-state index is 14.3. The minimum absolute atomic E-state index is 0.0672. The van der Waals surface area contributed by atoms with E-state index in [0.29, 0.717) is 27.7 Å². The molecule has 1 atom stereocenters. The number of anilines is 1. The smallest absolute Gasteiger partial charge is 0.248 e. The topological polar surface area (TPSA) is 76.5 Å². The zero-order valence-corrected chi connectivity index (χ0v) is 21.2. The number of halogens is 1. The molecule has 1 aliphatic rings. The van der Waals surface area contributed by atoms with Gasteiger partial charge in [-0.1, -0.05) is 54.2 Å². The summed E-state index contributed by atoms with van der Waals surface area (Å²) < 4.78 is 21.4. The number of carbonyl (C=O) groups is 2. The van der Waals surface area contributed by atoms with Crippen LogP contribution in [0.1, 0.15) is 22.9 Å². The highest BCUT2D eigenvalue weighted by Crippen LogP contribution is 2.41. The van der Waals surface area contributed by atoms with Gasteiger partial charge in [0.1, 0.15) is 22.6 Å². The number of hydrogen-bond donors (Lipinski definition) is 1. The van der Waals surface area contributed by atoms with Crippen molar-refractivity contribution in [2.75, 3.05) is 17.8 Å². The van der Waals surface area contributed by atoms with Crippen LogP contribution < -0.4 is 15.0 Å². The minimum Gasteiger partial charge on any atom is -0.496 e. The van der Waals surface area contributed by atoms with E-state index in [2.05, 4.69) is 5.32 Å². The third-order valence-corrected chi connectivity index (χ3v) is 7.23. The molecule has 0 saturated carbocycles. The number of carbonyl (C=O) groups excluding carboxylic acids is 2. The maximum absolute atomic E-state index is 14.3. The summed E-state index contributed by atoms with van der Waals surface area (Å²) in [5.74, 6) is -0.484. The molecule has 0 saturated heterocycles. The highest BCUT2D eigenvalue weighted by Gasteiger charge is 2.40. The first-order valence-electron chi connectivity index (χ1n) is 11.7. The number of nitrogens with one attached hydrogen (secondary N) is 1. The molecule has 7 nitrogen and oxygen atoms in total. The lowest BCUT2D eigenvalue weighted by Gasteiger charge is -2.29. The lowest BCUT2D eigenvalue weighted by atomic mass is 10.0. The van der Waals surface area contributed by atoms with Gasteiger partial charge < -0.3 is 10.1 Å². The van der Waals surface area contributed by atoms with Gasteiger partial charge in [0, 0.05) is 23.4 Å². The number of benzene rings is 3. The summed E-state index contributed by atoms with van der Waals surface area (Å²) in [6.07, 6.45) is 0. The van der Waals surface area contributed by atoms with Crippen LogP contribution in [-0.4, -0.2) is 34.5 Å². The van der Waals surface area contributed by atoms with Gasteiger partial charge in [0.05, 0.1) is 24.2 Å². The molecule has 1 N–H and O–H groups in total. The van der Waals surface area contributed by atoms with Crippen molar-refractivity contribution >= 4 is 29.3 Å². The second-order valence-electron chi connectivity index (χ2n) is 8.52. The largest absolute Gasteiger partial charge is 0.496 e. The van der Waals surface area contributed by atoms with E-state index in [-0.39, 0.29) is 18.2 Å². The van der Waals surface area contributed by atoms with Gasteiger partial charge in [-0.05, 0) is 43.3 Å². The average Bonchev–Trinajstić information content (AvgIpc) is 3.15. The van der Waals surface area contributed by atoms with E-state index in [1.807, 2.05) is 61.5 Å². The fraction of sp³-hybridized carbons (Fsp3) is 0.179. The SMILES string of the molecule is COc1ccccc1CNC(=O)[C@H]1c2c(C)nn(-c3ccccc3)c2SCC(=O)N1c1cccc(F)c1. The van der Waals surface area contributed by atoms with Gasteiger partial charge in [-0.3, -0.25) is 14.5 Å². The summed E-state index contributed by atoms with van der Waals surface area (Å²) in [5, 5.41) is 8.41. The van der Waals surface area contributed by atoms with Gasteiger partial charge in [0.25, 0.3) is 0 Å². The zero-order chi connectivity index (χ0) is 25.9. The van der Waals surface area contributed by atoms with Crippen LogP contribution in [0.4, 0.5) is 10.1 Å². The van der Waals surface area contributed by atoms with E-state index in [1.165, 1.54) is 34.9 Å². The van der Waals surface area contributed by atoms with Crippen LogP contribution in [0.3, 0.4) is 0 Å². The predicted octanol–water partition coefficient (Wildman–Crippen LogP) is 4.82. The predicted molar refractivity (Wildman–Crippen MR) is 140 cm³/mol. The summed E-state index contributed by atoms with van der Waals surface area (Å²) in [4.78, 5) is 28.8. The van der Waals surface area contributed by atoms with Crippen molar-refractivity contribution in [1.29, 1.82) is 0 Å². The van der Waals surface area contributed by atoms with E-state index < -0.39 is 17.8 Å². The lowest BCUT2D eigenvalue weighted by Crippen LogP contribution is -2.44. The van der Waals surface area contributed by atoms with Gasteiger partial charge in [0.2, 0.25) is 11.8 Å². The Morgan fingerprint density at radius 1 is 1.08 bits per heavy atom. The zero-order valence-electron chi connectivity index (χ0n) is 20.3. The van der Waals surface area contributed by atoms with Crippen LogP contribution in [0.15, 0.2) is 83.9 Å². The number of para-hydroxylation sites is 2. The summed E-state index contributed by atoms with van der Waals surface area (Å²) >= 11 is 1.32. The molecule has 188 valence electrons. The number of aromatic nitrogens is 2. The first-order valence-corrected chi connectivity index (χ1v) is 12.7. The number of ether oxygens (including phenoxy) is 1. The monoisotopic (exact) mass is 516 g/mol. The van der Waals surface area contributed by atoms with Gasteiger partial charge in [-0.15, -0.1) is 0 Å². The summed E-state index contributed by atoms with van der Waals surface area (Å²) in [5.41, 5.74) is 3.14. The van der Waals surface area contributed by atoms with E-state index in [4.69, 9.17) is 9.84 Å². The van der Waals surface area contributed by atoms with Gasteiger partial charge in [0.15, 0.2) is 0 Å². The van der Waals surface area contributed by atoms with Crippen molar-refractivity contribution in [3.63, 3.8) is 0 Å². The Labute approximate surface area is 218 Å². The highest BCUT2D eigenvalue weighted by atomic mass is 32.2. The Bertz CT molecular complexity index is 1460. The standard InChI is InChI=1S/C28H25FN4O3S/c1-18-25-26(27(35)30-16-19-9-6-7-14-23(19)36-2)32(22-13-8-10-20(29)15-22)24(34)17-37-28(25)33(31-18)21-11-4-3-5-12-21/h3-15,26H,16-17H2,1-2H3,(H,30,35)/t26-/m1/s1. The van der Waals surface area contributed by atoms with Crippen LogP contribution in [-0.2, 0) is 16.1 Å². The normalized spacial score (nSPS) is 15.2. The molecule has 0 fully saturated rings. The third-order valence-electron chi connectivity index (χ3n) is 6.18. The number of hydrogen-bond acceptors (Lipinski definition) is 5. The quantitative estimate of drug-likeness (QED) is 0.398. The molecule has 0 spiro atoms. The molecule has 0 aliphatic carbocycles. The number of methoxy groups -OCH3 is 1. The number of amides is 2. The van der Waals surface area contributed by atoms with Crippen molar-refractivity contribution in [3.8, 4) is 11.4 Å². The van der Waals surface area contributed by atoms with Crippen molar-refractivity contribution in [2.24, 2.45) is 0 Å². The number of thioether (sulfide) groups is 1. The van der Waals surface area contributed by atoms with Crippen molar-refractivity contribution < 1.29 is 18.7 Å². The summed E-state index contributed by atoms with van der Waals surface area (Å²) in [6, 6.07) is 21.6. The van der Waals surface area contributed by atoms with E-state index in [1.54, 1.807) is 17.9 Å². The van der Waals surface area contributed by atoms with Gasteiger partial charge in [-0.2, -0.15) is 5.10 Å². The van der Waals surface area contributed by atoms with Crippen molar-refractivity contribution in [3.05, 3.63) is 102 Å². The first kappa shape index (κ1) is 24.6. The Morgan fingerprint density at radius 3 is 2.57 bits per heavy atom. The maximum Gasteiger partial charge on any atom is 0.248 e. The molecule has 5 rings (SSSR count). The molecule has 1 aromatic heterocycles. The molecule has 2 amide bonds. The van der Waals surface area contributed by atoms with E-state index in [0.717, 1.165) is 11.3 Å². The third kappa shape index (κ3) is 4.82. The molecule has 9 heteroatoms. The molecular formula is C28H25FN4O3S. The second-order valence-corrected chi connectivity index (χ2v) is 9.48. The van der Waals surface area contributed by atoms with Gasteiger partial charge in [-0.25, -0.2) is 9.07 Å². The van der Waals surface area contributed by atoms with Crippen LogP contribution >= 0.6 is 11.8 Å². The molecule has 1 aliphatic heterocycles. The first-order chi connectivity index (χ1) is 18.0. The molecule has 0 radical (unpaired) electrons. The molecule has 2 heterocycles. The van der Waals surface area contributed by atoms with Crippen LogP contribution in [0.5, 0.6) is 5.75 Å². The number of fused-ring (bicyclic) bond motifs is 1.